The van der Waals surface area contributed by atoms with Gasteiger partial charge in [-0.15, -0.1) is 0 Å². The lowest BCUT2D eigenvalue weighted by atomic mass is 10.2. The van der Waals surface area contributed by atoms with Crippen molar-refractivity contribution < 1.29 is 17.9 Å². The zero-order valence-corrected chi connectivity index (χ0v) is 13.4. The second kappa shape index (κ2) is 7.04. The molecule has 0 bridgehead atoms. The molecule has 0 spiro atoms. The first-order chi connectivity index (χ1) is 10.1. The number of hydrogen-bond donors (Lipinski definition) is 1. The number of sulfonamides is 1. The standard InChI is InChI=1S/C14H17NO4S2/c1-18-12-4-3-5-13(8-12)21(16,17)15-9-14(19-2)11-6-7-20-10-11/h3-8,10,14-15H,9H2,1-2H3. The van der Waals surface area contributed by atoms with Crippen LogP contribution in [0.15, 0.2) is 46.0 Å². The van der Waals surface area contributed by atoms with Gasteiger partial charge in [0.1, 0.15) is 5.75 Å². The summed E-state index contributed by atoms with van der Waals surface area (Å²) >= 11 is 1.54. The fraction of sp³-hybridized carbons (Fsp3) is 0.286. The summed E-state index contributed by atoms with van der Waals surface area (Å²) in [7, 11) is -0.541. The molecule has 1 aromatic heterocycles. The van der Waals surface area contributed by atoms with Crippen molar-refractivity contribution in [3.8, 4) is 5.75 Å². The van der Waals surface area contributed by atoms with Crippen molar-refractivity contribution in [3.05, 3.63) is 46.7 Å². The molecule has 1 N–H and O–H groups in total. The maximum absolute atomic E-state index is 12.3. The Balaban J connectivity index is 2.10. The van der Waals surface area contributed by atoms with E-state index in [4.69, 9.17) is 9.47 Å². The summed E-state index contributed by atoms with van der Waals surface area (Å²) in [4.78, 5) is 0.169. The van der Waals surface area contributed by atoms with E-state index in [1.54, 1.807) is 30.6 Å². The smallest absolute Gasteiger partial charge is 0.240 e. The molecule has 0 fully saturated rings. The van der Waals surface area contributed by atoms with Crippen LogP contribution in [0.1, 0.15) is 11.7 Å². The summed E-state index contributed by atoms with van der Waals surface area (Å²) < 4.78 is 37.5. The quantitative estimate of drug-likeness (QED) is 0.848. The highest BCUT2D eigenvalue weighted by Gasteiger charge is 2.18. The number of ether oxygens (including phenoxy) is 2. The molecule has 1 atom stereocenters. The third kappa shape index (κ3) is 4.04. The maximum Gasteiger partial charge on any atom is 0.240 e. The van der Waals surface area contributed by atoms with Gasteiger partial charge in [0.15, 0.2) is 0 Å². The van der Waals surface area contributed by atoms with Gasteiger partial charge in [-0.1, -0.05) is 6.07 Å². The van der Waals surface area contributed by atoms with Crippen molar-refractivity contribution in [2.24, 2.45) is 0 Å². The zero-order valence-electron chi connectivity index (χ0n) is 11.8. The van der Waals surface area contributed by atoms with E-state index in [1.165, 1.54) is 19.2 Å². The Kier molecular flexibility index (Phi) is 5.35. The average molecular weight is 327 g/mol. The molecule has 0 radical (unpaired) electrons. The molecule has 1 unspecified atom stereocenters. The van der Waals surface area contributed by atoms with E-state index >= 15 is 0 Å². The van der Waals surface area contributed by atoms with E-state index in [0.29, 0.717) is 5.75 Å². The second-order valence-electron chi connectivity index (χ2n) is 4.31. The molecule has 114 valence electrons. The van der Waals surface area contributed by atoms with Gasteiger partial charge in [-0.2, -0.15) is 11.3 Å². The zero-order chi connectivity index (χ0) is 15.3. The predicted octanol–water partition coefficient (Wildman–Crippen LogP) is 2.42. The largest absolute Gasteiger partial charge is 0.497 e. The highest BCUT2D eigenvalue weighted by molar-refractivity contribution is 7.89. The number of nitrogens with one attached hydrogen (secondary N) is 1. The lowest BCUT2D eigenvalue weighted by Crippen LogP contribution is -2.29. The summed E-state index contributed by atoms with van der Waals surface area (Å²) in [6.45, 7) is 0.173. The Morgan fingerprint density at radius 2 is 2.10 bits per heavy atom. The monoisotopic (exact) mass is 327 g/mol. The van der Waals surface area contributed by atoms with Crippen molar-refractivity contribution in [2.45, 2.75) is 11.0 Å². The molecule has 7 heteroatoms. The topological polar surface area (TPSA) is 64.6 Å². The van der Waals surface area contributed by atoms with Gasteiger partial charge in [0.2, 0.25) is 10.0 Å². The Labute approximate surface area is 128 Å². The molecule has 21 heavy (non-hydrogen) atoms. The Hall–Kier alpha value is -1.41. The summed E-state index contributed by atoms with van der Waals surface area (Å²) in [6, 6.07) is 8.26. The number of benzene rings is 1. The van der Waals surface area contributed by atoms with E-state index in [1.807, 2.05) is 16.8 Å². The summed E-state index contributed by atoms with van der Waals surface area (Å²) in [5.74, 6) is 0.499. The first-order valence-electron chi connectivity index (χ1n) is 6.25. The molecule has 0 saturated heterocycles. The molecule has 2 aromatic rings. The second-order valence-corrected chi connectivity index (χ2v) is 6.86. The molecule has 0 aliphatic rings. The SMILES string of the molecule is COc1cccc(S(=O)(=O)NCC(OC)c2ccsc2)c1. The lowest BCUT2D eigenvalue weighted by molar-refractivity contribution is 0.107. The number of hydrogen-bond acceptors (Lipinski definition) is 5. The Morgan fingerprint density at radius 1 is 1.29 bits per heavy atom. The van der Waals surface area contributed by atoms with E-state index in [-0.39, 0.29) is 17.5 Å². The lowest BCUT2D eigenvalue weighted by Gasteiger charge is -2.15. The highest BCUT2D eigenvalue weighted by Crippen LogP contribution is 2.20. The molecule has 0 aliphatic carbocycles. The Bertz CT molecular complexity index is 668. The van der Waals surface area contributed by atoms with Crippen LogP contribution in [0.5, 0.6) is 5.75 Å². The van der Waals surface area contributed by atoms with Crippen molar-refractivity contribution in [1.29, 1.82) is 0 Å². The van der Waals surface area contributed by atoms with Crippen LogP contribution in [0, 0.1) is 0 Å². The normalized spacial score (nSPS) is 13.0. The predicted molar refractivity (Wildman–Crippen MR) is 82.3 cm³/mol. The molecule has 5 nitrogen and oxygen atoms in total. The minimum Gasteiger partial charge on any atom is -0.497 e. The van der Waals surface area contributed by atoms with Crippen LogP contribution in [-0.2, 0) is 14.8 Å². The van der Waals surface area contributed by atoms with Gasteiger partial charge in [-0.25, -0.2) is 13.1 Å². The third-order valence-electron chi connectivity index (χ3n) is 3.01. The summed E-state index contributed by atoms with van der Waals surface area (Å²) in [6.07, 6.45) is -0.309. The van der Waals surface area contributed by atoms with Crippen molar-refractivity contribution in [1.82, 2.24) is 4.72 Å². The van der Waals surface area contributed by atoms with Gasteiger partial charge in [-0.05, 0) is 34.5 Å². The van der Waals surface area contributed by atoms with E-state index in [0.717, 1.165) is 5.56 Å². The van der Waals surface area contributed by atoms with E-state index in [2.05, 4.69) is 4.72 Å². The third-order valence-corrected chi connectivity index (χ3v) is 5.13. The molecule has 0 saturated carbocycles. The Morgan fingerprint density at radius 3 is 2.71 bits per heavy atom. The minimum absolute atomic E-state index is 0.169. The molecule has 1 heterocycles. The average Bonchev–Trinajstić information content (AvgIpc) is 3.02. The van der Waals surface area contributed by atoms with E-state index < -0.39 is 10.0 Å². The number of thiophene rings is 1. The van der Waals surface area contributed by atoms with Crippen LogP contribution >= 0.6 is 11.3 Å². The minimum atomic E-state index is -3.60. The van der Waals surface area contributed by atoms with Crippen LogP contribution in [0.3, 0.4) is 0 Å². The van der Waals surface area contributed by atoms with Crippen molar-refractivity contribution >= 4 is 21.4 Å². The molecule has 0 amide bonds. The van der Waals surface area contributed by atoms with Gasteiger partial charge in [0, 0.05) is 19.7 Å². The maximum atomic E-state index is 12.3. The first-order valence-corrected chi connectivity index (χ1v) is 8.68. The van der Waals surface area contributed by atoms with Gasteiger partial charge < -0.3 is 9.47 Å². The molecular weight excluding hydrogens is 310 g/mol. The summed E-state index contributed by atoms with van der Waals surface area (Å²) in [5.41, 5.74) is 0.954. The van der Waals surface area contributed by atoms with Crippen LogP contribution < -0.4 is 9.46 Å². The van der Waals surface area contributed by atoms with Gasteiger partial charge in [-0.3, -0.25) is 0 Å². The molecular formula is C14H17NO4S2. The summed E-state index contributed by atoms with van der Waals surface area (Å²) in [5, 5.41) is 3.87. The molecule has 1 aromatic carbocycles. The van der Waals surface area contributed by atoms with Crippen LogP contribution in [0.4, 0.5) is 0 Å². The number of rotatable bonds is 7. The fourth-order valence-electron chi connectivity index (χ4n) is 1.83. The number of methoxy groups -OCH3 is 2. The van der Waals surface area contributed by atoms with Crippen LogP contribution in [0.25, 0.3) is 0 Å². The van der Waals surface area contributed by atoms with Crippen molar-refractivity contribution in [3.63, 3.8) is 0 Å². The molecule has 2 rings (SSSR count). The first kappa shape index (κ1) is 16.0. The molecule has 0 aliphatic heterocycles. The fourth-order valence-corrected chi connectivity index (χ4v) is 3.60. The van der Waals surface area contributed by atoms with Gasteiger partial charge >= 0.3 is 0 Å². The van der Waals surface area contributed by atoms with Crippen LogP contribution in [0.2, 0.25) is 0 Å². The van der Waals surface area contributed by atoms with Crippen LogP contribution in [-0.4, -0.2) is 29.2 Å². The highest BCUT2D eigenvalue weighted by atomic mass is 32.2. The van der Waals surface area contributed by atoms with Gasteiger partial charge in [0.05, 0.1) is 18.1 Å². The van der Waals surface area contributed by atoms with Gasteiger partial charge in [0.25, 0.3) is 0 Å². The van der Waals surface area contributed by atoms with E-state index in [9.17, 15) is 8.42 Å². The van der Waals surface area contributed by atoms with Crippen molar-refractivity contribution in [2.75, 3.05) is 20.8 Å².